The summed E-state index contributed by atoms with van der Waals surface area (Å²) in [6, 6.07) is 15.1. The molecule has 0 spiro atoms. The Bertz CT molecular complexity index is 864. The van der Waals surface area contributed by atoms with Gasteiger partial charge in [0.15, 0.2) is 5.76 Å². The molecule has 7 heteroatoms. The minimum atomic E-state index is 0.379. The predicted molar refractivity (Wildman–Crippen MR) is 76.6 cm³/mol. The van der Waals surface area contributed by atoms with Crippen LogP contribution in [0.4, 0.5) is 0 Å². The minimum absolute atomic E-state index is 0.379. The first-order valence-corrected chi connectivity index (χ1v) is 6.71. The first kappa shape index (κ1) is 12.5. The van der Waals surface area contributed by atoms with Gasteiger partial charge in [-0.1, -0.05) is 35.5 Å². The van der Waals surface area contributed by atoms with Crippen LogP contribution in [0.1, 0.15) is 5.69 Å². The molecule has 4 aromatic rings. The van der Waals surface area contributed by atoms with Crippen LogP contribution in [0.25, 0.3) is 22.9 Å². The molecule has 0 N–H and O–H groups in total. The second kappa shape index (κ2) is 5.28. The standard InChI is InChI=1S/C15H11N5O2/c1-2-5-11(6-3-1)15-16-19-20(17-15)10-12-9-14(22-18-12)13-7-4-8-21-13/h1-9H,10H2. The molecule has 0 aliphatic rings. The van der Waals surface area contributed by atoms with E-state index in [-0.39, 0.29) is 0 Å². The van der Waals surface area contributed by atoms with E-state index >= 15 is 0 Å². The molecule has 108 valence electrons. The van der Waals surface area contributed by atoms with Crippen molar-refractivity contribution in [3.63, 3.8) is 0 Å². The fourth-order valence-corrected chi connectivity index (χ4v) is 2.08. The summed E-state index contributed by atoms with van der Waals surface area (Å²) in [7, 11) is 0. The van der Waals surface area contributed by atoms with Gasteiger partial charge in [-0.25, -0.2) is 0 Å². The summed E-state index contributed by atoms with van der Waals surface area (Å²) >= 11 is 0. The highest BCUT2D eigenvalue weighted by molar-refractivity contribution is 5.53. The molecule has 0 atom stereocenters. The molecule has 0 saturated heterocycles. The monoisotopic (exact) mass is 293 g/mol. The van der Waals surface area contributed by atoms with Crippen LogP contribution in [0, 0.1) is 0 Å². The quantitative estimate of drug-likeness (QED) is 0.575. The Labute approximate surface area is 125 Å². The van der Waals surface area contributed by atoms with Crippen LogP contribution >= 0.6 is 0 Å². The minimum Gasteiger partial charge on any atom is -0.461 e. The zero-order valence-corrected chi connectivity index (χ0v) is 11.5. The SMILES string of the molecule is c1ccc(-c2nnn(Cc3cc(-c4ccco4)on3)n2)cc1. The summed E-state index contributed by atoms with van der Waals surface area (Å²) in [6.45, 7) is 0.379. The second-order valence-corrected chi connectivity index (χ2v) is 4.67. The third-order valence-electron chi connectivity index (χ3n) is 3.11. The van der Waals surface area contributed by atoms with Crippen LogP contribution in [0.15, 0.2) is 63.7 Å². The molecule has 0 radical (unpaired) electrons. The molecule has 3 heterocycles. The van der Waals surface area contributed by atoms with Gasteiger partial charge in [0.05, 0.1) is 6.26 Å². The summed E-state index contributed by atoms with van der Waals surface area (Å²) in [4.78, 5) is 1.48. The molecular formula is C15H11N5O2. The lowest BCUT2D eigenvalue weighted by Gasteiger charge is -1.93. The lowest BCUT2D eigenvalue weighted by atomic mass is 10.2. The molecule has 0 fully saturated rings. The van der Waals surface area contributed by atoms with Crippen LogP contribution in [0.3, 0.4) is 0 Å². The zero-order valence-electron chi connectivity index (χ0n) is 11.5. The Balaban J connectivity index is 1.54. The summed E-state index contributed by atoms with van der Waals surface area (Å²) in [5.41, 5.74) is 1.62. The van der Waals surface area contributed by atoms with Gasteiger partial charge in [0.1, 0.15) is 12.2 Å². The van der Waals surface area contributed by atoms with Gasteiger partial charge in [-0.15, -0.1) is 10.2 Å². The van der Waals surface area contributed by atoms with Crippen LogP contribution in [-0.2, 0) is 6.54 Å². The van der Waals surface area contributed by atoms with Crippen molar-refractivity contribution < 1.29 is 8.94 Å². The molecule has 7 nitrogen and oxygen atoms in total. The van der Waals surface area contributed by atoms with E-state index in [4.69, 9.17) is 8.94 Å². The van der Waals surface area contributed by atoms with Gasteiger partial charge < -0.3 is 8.94 Å². The van der Waals surface area contributed by atoms with E-state index in [0.29, 0.717) is 29.6 Å². The molecule has 1 aromatic carbocycles. The lowest BCUT2D eigenvalue weighted by Crippen LogP contribution is -2.04. The highest BCUT2D eigenvalue weighted by Crippen LogP contribution is 2.20. The first-order valence-electron chi connectivity index (χ1n) is 6.71. The average molecular weight is 293 g/mol. The summed E-state index contributed by atoms with van der Waals surface area (Å²) in [5.74, 6) is 1.79. The topological polar surface area (TPSA) is 82.8 Å². The molecule has 3 aromatic heterocycles. The Kier molecular flexibility index (Phi) is 3.01. The number of furan rings is 1. The van der Waals surface area contributed by atoms with Gasteiger partial charge >= 0.3 is 0 Å². The number of aromatic nitrogens is 5. The molecule has 0 unspecified atom stereocenters. The number of nitrogens with zero attached hydrogens (tertiary/aromatic N) is 5. The molecule has 0 saturated carbocycles. The van der Waals surface area contributed by atoms with E-state index in [1.165, 1.54) is 4.80 Å². The number of hydrogen-bond donors (Lipinski definition) is 0. The molecule has 0 aliphatic carbocycles. The smallest absolute Gasteiger partial charge is 0.204 e. The van der Waals surface area contributed by atoms with Crippen LogP contribution in [0.2, 0.25) is 0 Å². The van der Waals surface area contributed by atoms with Gasteiger partial charge in [0.25, 0.3) is 0 Å². The Hall–Kier alpha value is -3.22. The maximum absolute atomic E-state index is 5.26. The van der Waals surface area contributed by atoms with E-state index < -0.39 is 0 Å². The third-order valence-corrected chi connectivity index (χ3v) is 3.11. The summed E-state index contributed by atoms with van der Waals surface area (Å²) < 4.78 is 10.5. The van der Waals surface area contributed by atoms with Gasteiger partial charge in [-0.2, -0.15) is 4.80 Å². The van der Waals surface area contributed by atoms with Crippen molar-refractivity contribution in [2.75, 3.05) is 0 Å². The van der Waals surface area contributed by atoms with Crippen molar-refractivity contribution in [2.24, 2.45) is 0 Å². The van der Waals surface area contributed by atoms with Crippen molar-refractivity contribution in [1.29, 1.82) is 0 Å². The van der Waals surface area contributed by atoms with Crippen molar-refractivity contribution in [3.05, 3.63) is 60.5 Å². The van der Waals surface area contributed by atoms with Gasteiger partial charge in [0, 0.05) is 11.6 Å². The fraction of sp³-hybridized carbons (Fsp3) is 0.0667. The number of benzene rings is 1. The van der Waals surface area contributed by atoms with Crippen molar-refractivity contribution >= 4 is 0 Å². The van der Waals surface area contributed by atoms with Crippen molar-refractivity contribution in [1.82, 2.24) is 25.4 Å². The van der Waals surface area contributed by atoms with E-state index in [1.54, 1.807) is 18.4 Å². The van der Waals surface area contributed by atoms with Crippen LogP contribution < -0.4 is 0 Å². The highest BCUT2D eigenvalue weighted by Gasteiger charge is 2.11. The third kappa shape index (κ3) is 2.39. The largest absolute Gasteiger partial charge is 0.461 e. The van der Waals surface area contributed by atoms with Crippen LogP contribution in [-0.4, -0.2) is 25.4 Å². The van der Waals surface area contributed by atoms with Gasteiger partial charge in [-0.05, 0) is 17.3 Å². The summed E-state index contributed by atoms with van der Waals surface area (Å²) in [5, 5.41) is 16.4. The number of hydrogen-bond acceptors (Lipinski definition) is 6. The first-order chi connectivity index (χ1) is 10.9. The number of tetrazole rings is 1. The second-order valence-electron chi connectivity index (χ2n) is 4.67. The molecule has 0 amide bonds. The maximum atomic E-state index is 5.26. The number of rotatable bonds is 4. The zero-order chi connectivity index (χ0) is 14.8. The maximum Gasteiger partial charge on any atom is 0.204 e. The van der Waals surface area contributed by atoms with Gasteiger partial charge in [0.2, 0.25) is 11.6 Å². The normalized spacial score (nSPS) is 10.9. The Morgan fingerprint density at radius 2 is 1.91 bits per heavy atom. The van der Waals surface area contributed by atoms with E-state index in [1.807, 2.05) is 36.4 Å². The van der Waals surface area contributed by atoms with Crippen LogP contribution in [0.5, 0.6) is 0 Å². The molecule has 0 bridgehead atoms. The molecular weight excluding hydrogens is 282 g/mol. The lowest BCUT2D eigenvalue weighted by molar-refractivity contribution is 0.404. The predicted octanol–water partition coefficient (Wildman–Crippen LogP) is 2.64. The molecule has 22 heavy (non-hydrogen) atoms. The molecule has 4 rings (SSSR count). The van der Waals surface area contributed by atoms with Crippen molar-refractivity contribution in [3.8, 4) is 22.9 Å². The fourth-order valence-electron chi connectivity index (χ4n) is 2.08. The summed E-state index contributed by atoms with van der Waals surface area (Å²) in [6.07, 6.45) is 1.59. The van der Waals surface area contributed by atoms with Crippen molar-refractivity contribution in [2.45, 2.75) is 6.54 Å². The highest BCUT2D eigenvalue weighted by atomic mass is 16.5. The van der Waals surface area contributed by atoms with E-state index in [9.17, 15) is 0 Å². The van der Waals surface area contributed by atoms with E-state index in [2.05, 4.69) is 20.6 Å². The average Bonchev–Trinajstić information content (AvgIpc) is 3.30. The van der Waals surface area contributed by atoms with Gasteiger partial charge in [-0.3, -0.25) is 0 Å². The molecule has 0 aliphatic heterocycles. The Morgan fingerprint density at radius 1 is 1.00 bits per heavy atom. The Morgan fingerprint density at radius 3 is 2.73 bits per heavy atom. The van der Waals surface area contributed by atoms with E-state index in [0.717, 1.165) is 5.56 Å².